The number of nitrogens with one attached hydrogen (secondary N) is 1. The van der Waals surface area contributed by atoms with Gasteiger partial charge in [0.1, 0.15) is 18.1 Å². The van der Waals surface area contributed by atoms with Gasteiger partial charge in [-0.25, -0.2) is 4.98 Å². The summed E-state index contributed by atoms with van der Waals surface area (Å²) in [5, 5.41) is 12.1. The Kier molecular flexibility index (Phi) is 6.89. The minimum absolute atomic E-state index is 0.174. The molecule has 2 heterocycles. The van der Waals surface area contributed by atoms with Gasteiger partial charge in [-0.2, -0.15) is 21.6 Å². The van der Waals surface area contributed by atoms with Crippen molar-refractivity contribution >= 4 is 26.6 Å². The van der Waals surface area contributed by atoms with Crippen LogP contribution in [0.25, 0.3) is 10.9 Å². The number of aliphatic hydroxyl groups is 1. The molecule has 0 aliphatic carbocycles. The van der Waals surface area contributed by atoms with Crippen LogP contribution in [0.1, 0.15) is 22.9 Å². The van der Waals surface area contributed by atoms with Crippen LogP contribution < -0.4 is 14.2 Å². The van der Waals surface area contributed by atoms with Crippen LogP contribution in [-0.4, -0.2) is 30.6 Å². The number of hydrogen-bond donors (Lipinski definition) is 2. The van der Waals surface area contributed by atoms with Gasteiger partial charge >= 0.3 is 15.5 Å². The Morgan fingerprint density at radius 3 is 2.66 bits per heavy atom. The summed E-state index contributed by atoms with van der Waals surface area (Å²) in [6, 6.07) is 22.4. The van der Waals surface area contributed by atoms with Crippen LogP contribution in [0.5, 0.6) is 11.5 Å². The predicted molar refractivity (Wildman–Crippen MR) is 135 cm³/mol. The lowest BCUT2D eigenvalue weighted by molar-refractivity contribution is -0.0429. The molecular weight excluding hydrogens is 521 g/mol. The zero-order valence-electron chi connectivity index (χ0n) is 19.9. The van der Waals surface area contributed by atoms with Gasteiger partial charge in [-0.3, -0.25) is 4.72 Å². The molecule has 0 radical (unpaired) electrons. The third-order valence-corrected chi connectivity index (χ3v) is 7.34. The summed E-state index contributed by atoms with van der Waals surface area (Å²) in [6.07, 6.45) is -0.689. The van der Waals surface area contributed by atoms with Crippen molar-refractivity contribution in [2.45, 2.75) is 24.6 Å². The molecule has 1 aromatic heterocycles. The van der Waals surface area contributed by atoms with Crippen LogP contribution in [0.2, 0.25) is 0 Å². The average Bonchev–Trinajstić information content (AvgIpc) is 2.88. The van der Waals surface area contributed by atoms with Crippen molar-refractivity contribution in [1.82, 2.24) is 4.98 Å². The quantitative estimate of drug-likeness (QED) is 0.325. The molecule has 7 nitrogen and oxygen atoms in total. The number of aromatic nitrogens is 1. The van der Waals surface area contributed by atoms with Gasteiger partial charge < -0.3 is 14.6 Å². The Bertz CT molecular complexity index is 1580. The molecule has 0 amide bonds. The number of sulfonamides is 1. The SMILES string of the molecule is O=S(=O)(Nc1cccc(CC2COc3ccc(OCc4ccc5ccccc5n4)cc3C2O)c1)C(F)(F)F. The van der Waals surface area contributed by atoms with Crippen molar-refractivity contribution in [2.75, 3.05) is 11.3 Å². The van der Waals surface area contributed by atoms with Crippen molar-refractivity contribution in [3.63, 3.8) is 0 Å². The molecule has 4 aromatic rings. The lowest BCUT2D eigenvalue weighted by Gasteiger charge is -2.30. The molecule has 2 unspecified atom stereocenters. The number of aliphatic hydroxyl groups excluding tert-OH is 1. The van der Waals surface area contributed by atoms with E-state index in [0.29, 0.717) is 22.6 Å². The van der Waals surface area contributed by atoms with E-state index in [1.54, 1.807) is 24.3 Å². The highest BCUT2D eigenvalue weighted by Gasteiger charge is 2.46. The van der Waals surface area contributed by atoms with E-state index >= 15 is 0 Å². The molecule has 0 fully saturated rings. The molecule has 1 aliphatic heterocycles. The van der Waals surface area contributed by atoms with Gasteiger partial charge in [-0.05, 0) is 54.4 Å². The molecule has 0 bridgehead atoms. The number of para-hydroxylation sites is 1. The number of ether oxygens (including phenoxy) is 2. The van der Waals surface area contributed by atoms with Gasteiger partial charge in [-0.1, -0.05) is 36.4 Å². The third-order valence-electron chi connectivity index (χ3n) is 6.22. The highest BCUT2D eigenvalue weighted by Crippen LogP contribution is 2.39. The smallest absolute Gasteiger partial charge is 0.493 e. The molecule has 2 atom stereocenters. The highest BCUT2D eigenvalue weighted by atomic mass is 32.2. The van der Waals surface area contributed by atoms with E-state index in [1.165, 1.54) is 22.9 Å². The van der Waals surface area contributed by atoms with Gasteiger partial charge in [0.2, 0.25) is 0 Å². The summed E-state index contributed by atoms with van der Waals surface area (Å²) in [5.74, 6) is 0.608. The number of benzene rings is 3. The fraction of sp³-hybridized carbons (Fsp3) is 0.222. The Hall–Kier alpha value is -3.83. The summed E-state index contributed by atoms with van der Waals surface area (Å²) < 4.78 is 74.3. The van der Waals surface area contributed by atoms with E-state index < -0.39 is 27.6 Å². The van der Waals surface area contributed by atoms with Crippen LogP contribution in [0.4, 0.5) is 18.9 Å². The third kappa shape index (κ3) is 5.53. The molecule has 0 spiro atoms. The first-order valence-corrected chi connectivity index (χ1v) is 13.2. The first-order chi connectivity index (χ1) is 18.1. The maximum Gasteiger partial charge on any atom is 0.516 e. The standard InChI is InChI=1S/C27H23F3N2O5S/c28-27(29,30)38(34,35)32-20-6-3-4-17(13-20)12-19-15-37-25-11-10-22(14-23(25)26(19)33)36-16-21-9-8-18-5-1-2-7-24(18)31-21/h1-11,13-14,19,26,32-33H,12,15-16H2. The highest BCUT2D eigenvalue weighted by molar-refractivity contribution is 7.93. The number of hydrogen-bond acceptors (Lipinski definition) is 6. The fourth-order valence-electron chi connectivity index (χ4n) is 4.31. The molecule has 11 heteroatoms. The number of rotatable bonds is 7. The number of halogens is 3. The topological polar surface area (TPSA) is 97.8 Å². The number of anilines is 1. The molecule has 2 N–H and O–H groups in total. The van der Waals surface area contributed by atoms with Crippen LogP contribution in [0, 0.1) is 5.92 Å². The van der Waals surface area contributed by atoms with E-state index in [2.05, 4.69) is 4.98 Å². The summed E-state index contributed by atoms with van der Waals surface area (Å²) in [6.45, 7) is 0.401. The molecular formula is C27H23F3N2O5S. The Morgan fingerprint density at radius 2 is 1.84 bits per heavy atom. The van der Waals surface area contributed by atoms with Gasteiger partial charge in [0.05, 0.1) is 23.9 Å². The van der Waals surface area contributed by atoms with Crippen molar-refractivity contribution in [2.24, 2.45) is 5.92 Å². The van der Waals surface area contributed by atoms with Gasteiger partial charge in [0.25, 0.3) is 0 Å². The van der Waals surface area contributed by atoms with Crippen molar-refractivity contribution in [3.8, 4) is 11.5 Å². The van der Waals surface area contributed by atoms with E-state index in [1.807, 2.05) is 36.4 Å². The second-order valence-electron chi connectivity index (χ2n) is 8.96. The zero-order chi connectivity index (χ0) is 26.9. The largest absolute Gasteiger partial charge is 0.516 e. The second kappa shape index (κ2) is 10.1. The first-order valence-electron chi connectivity index (χ1n) is 11.7. The number of nitrogens with zero attached hydrogens (tertiary/aromatic N) is 1. The van der Waals surface area contributed by atoms with E-state index in [4.69, 9.17) is 9.47 Å². The van der Waals surface area contributed by atoms with Crippen LogP contribution in [0.15, 0.2) is 78.9 Å². The molecule has 3 aromatic carbocycles. The Labute approximate surface area is 216 Å². The van der Waals surface area contributed by atoms with Crippen molar-refractivity contribution < 1.29 is 36.2 Å². The normalized spacial score (nSPS) is 17.5. The summed E-state index contributed by atoms with van der Waals surface area (Å²) in [4.78, 5) is 4.59. The molecule has 38 heavy (non-hydrogen) atoms. The number of pyridine rings is 1. The Morgan fingerprint density at radius 1 is 1.03 bits per heavy atom. The maximum absolute atomic E-state index is 12.7. The van der Waals surface area contributed by atoms with Crippen LogP contribution in [0.3, 0.4) is 0 Å². The minimum atomic E-state index is -5.54. The average molecular weight is 545 g/mol. The van der Waals surface area contributed by atoms with Crippen molar-refractivity contribution in [1.29, 1.82) is 0 Å². The van der Waals surface area contributed by atoms with Gasteiger partial charge in [-0.15, -0.1) is 0 Å². The molecule has 1 aliphatic rings. The minimum Gasteiger partial charge on any atom is -0.493 e. The van der Waals surface area contributed by atoms with E-state index in [9.17, 15) is 26.7 Å². The fourth-order valence-corrected chi connectivity index (χ4v) is 4.87. The monoisotopic (exact) mass is 544 g/mol. The van der Waals surface area contributed by atoms with Crippen LogP contribution in [-0.2, 0) is 23.1 Å². The zero-order valence-corrected chi connectivity index (χ0v) is 20.7. The Balaban J connectivity index is 1.27. The molecule has 0 saturated heterocycles. The molecule has 0 saturated carbocycles. The van der Waals surface area contributed by atoms with Gasteiger partial charge in [0.15, 0.2) is 0 Å². The summed E-state index contributed by atoms with van der Waals surface area (Å²) in [7, 11) is -5.54. The molecule has 5 rings (SSSR count). The lowest BCUT2D eigenvalue weighted by atomic mass is 9.88. The first kappa shape index (κ1) is 25.8. The summed E-state index contributed by atoms with van der Waals surface area (Å²) in [5.41, 5.74) is -2.97. The number of fused-ring (bicyclic) bond motifs is 2. The lowest BCUT2D eigenvalue weighted by Crippen LogP contribution is -2.30. The maximum atomic E-state index is 12.7. The molecule has 198 valence electrons. The van der Waals surface area contributed by atoms with Crippen LogP contribution >= 0.6 is 0 Å². The van der Waals surface area contributed by atoms with E-state index in [-0.39, 0.29) is 25.3 Å². The summed E-state index contributed by atoms with van der Waals surface area (Å²) >= 11 is 0. The predicted octanol–water partition coefficient (Wildman–Crippen LogP) is 5.36. The van der Waals surface area contributed by atoms with E-state index in [0.717, 1.165) is 16.6 Å². The van der Waals surface area contributed by atoms with Gasteiger partial charge in [0, 0.05) is 22.6 Å². The number of alkyl halides is 3. The van der Waals surface area contributed by atoms with Crippen molar-refractivity contribution in [3.05, 3.63) is 95.7 Å². The second-order valence-corrected chi connectivity index (χ2v) is 10.6.